The third kappa shape index (κ3) is 10.7. The van der Waals surface area contributed by atoms with Gasteiger partial charge in [0.05, 0.1) is 12.8 Å². The van der Waals surface area contributed by atoms with Gasteiger partial charge in [-0.05, 0) is 13.8 Å². The molecule has 5 nitrogen and oxygen atoms in total. The molecule has 0 spiro atoms. The molecule has 16 heavy (non-hydrogen) atoms. The Morgan fingerprint density at radius 2 is 1.44 bits per heavy atom. The van der Waals surface area contributed by atoms with Crippen LogP contribution in [-0.2, 0) is 23.9 Å². The van der Waals surface area contributed by atoms with Crippen LogP contribution in [-0.4, -0.2) is 36.3 Å². The number of hydrogen-bond acceptors (Lipinski definition) is 5. The van der Waals surface area contributed by atoms with E-state index in [-0.39, 0.29) is 56.6 Å². The largest absolute Gasteiger partial charge is 0.366 e. The zero-order valence-corrected chi connectivity index (χ0v) is 8.87. The topological polar surface area (TPSA) is 77.5 Å². The Bertz CT molecular complexity index is 254. The van der Waals surface area contributed by atoms with Crippen LogP contribution in [0.3, 0.4) is 0 Å². The second-order valence-electron chi connectivity index (χ2n) is 3.33. The number of ketones is 4. The second kappa shape index (κ2) is 8.91. The summed E-state index contributed by atoms with van der Waals surface area (Å²) in [5, 5.41) is 0. The molecule has 1 aliphatic heterocycles. The van der Waals surface area contributed by atoms with Gasteiger partial charge in [0.2, 0.25) is 0 Å². The molecule has 1 saturated heterocycles. The average molecular weight is 230 g/mol. The number of carbonyl (C=O) groups is 4. The average Bonchev–Trinajstić information content (AvgIpc) is 2.01. The Morgan fingerprint density at radius 3 is 1.56 bits per heavy atom. The predicted molar refractivity (Wildman–Crippen MR) is 58.2 cm³/mol. The normalized spacial score (nSPS) is 14.4. The Morgan fingerprint density at radius 1 is 1.06 bits per heavy atom. The number of Topliss-reactive ketones (excluding diaryl/α,β-unsaturated/α-hetero) is 4. The van der Waals surface area contributed by atoms with Crippen LogP contribution in [0.2, 0.25) is 0 Å². The van der Waals surface area contributed by atoms with Crippen molar-refractivity contribution in [2.45, 2.75) is 34.1 Å². The third-order valence-corrected chi connectivity index (χ3v) is 1.42. The zero-order valence-electron chi connectivity index (χ0n) is 8.87. The lowest BCUT2D eigenvalue weighted by atomic mass is 10.2. The fourth-order valence-electron chi connectivity index (χ4n) is 0.951. The number of ether oxygens (including phenoxy) is 1. The van der Waals surface area contributed by atoms with Crippen molar-refractivity contribution in [3.8, 4) is 0 Å². The van der Waals surface area contributed by atoms with Gasteiger partial charge in [0.25, 0.3) is 0 Å². The molecule has 1 heterocycles. The smallest absolute Gasteiger partial charge is 0.165 e. The fraction of sp³-hybridized carbons (Fsp3) is 0.636. The summed E-state index contributed by atoms with van der Waals surface area (Å²) in [6, 6.07) is 0. The highest BCUT2D eigenvalue weighted by Gasteiger charge is 2.15. The maximum atomic E-state index is 10.3. The number of rotatable bonds is 2. The maximum absolute atomic E-state index is 10.3. The van der Waals surface area contributed by atoms with Crippen LogP contribution in [0.15, 0.2) is 0 Å². The highest BCUT2D eigenvalue weighted by atomic mass is 16.5. The van der Waals surface area contributed by atoms with Gasteiger partial charge in [0.1, 0.15) is 24.8 Å². The van der Waals surface area contributed by atoms with Gasteiger partial charge in [0.15, 0.2) is 11.6 Å². The van der Waals surface area contributed by atoms with E-state index in [1.165, 1.54) is 13.8 Å². The molecule has 0 saturated carbocycles. The van der Waals surface area contributed by atoms with Crippen molar-refractivity contribution in [3.63, 3.8) is 0 Å². The number of carbonyl (C=O) groups excluding carboxylic acids is 4. The molecule has 92 valence electrons. The number of hydrogen-bond donors (Lipinski definition) is 0. The minimum atomic E-state index is -0.110. The molecule has 0 N–H and O–H groups in total. The summed E-state index contributed by atoms with van der Waals surface area (Å²) >= 11 is 0. The first kappa shape index (κ1) is 17.0. The highest BCUT2D eigenvalue weighted by Crippen LogP contribution is 1.95. The molecule has 0 aromatic rings. The Kier molecular flexibility index (Phi) is 9.49. The van der Waals surface area contributed by atoms with Gasteiger partial charge in [-0.15, -0.1) is 0 Å². The molecular weight excluding hydrogens is 212 g/mol. The van der Waals surface area contributed by atoms with E-state index in [0.717, 1.165) is 0 Å². The standard InChI is InChI=1S/C5H6O3.C5H8O2.CH4/c6-4-1-5(7)3-8-2-4;1-4(6)3-5(2)7;/h1-3H2;3H2,1-2H3;1H4. The van der Waals surface area contributed by atoms with Crippen molar-refractivity contribution in [3.05, 3.63) is 0 Å². The first-order valence-corrected chi connectivity index (χ1v) is 4.52. The van der Waals surface area contributed by atoms with E-state index in [9.17, 15) is 19.2 Å². The minimum absolute atomic E-state index is 0. The van der Waals surface area contributed by atoms with E-state index < -0.39 is 0 Å². The first-order chi connectivity index (χ1) is 6.91. The summed E-state index contributed by atoms with van der Waals surface area (Å²) in [4.78, 5) is 40.7. The van der Waals surface area contributed by atoms with Crippen LogP contribution in [0.5, 0.6) is 0 Å². The summed E-state index contributed by atoms with van der Waals surface area (Å²) in [5.74, 6) is -0.345. The molecule has 0 unspecified atom stereocenters. The minimum Gasteiger partial charge on any atom is -0.366 e. The van der Waals surface area contributed by atoms with Gasteiger partial charge in [-0.3, -0.25) is 19.2 Å². The molecule has 0 aliphatic carbocycles. The zero-order chi connectivity index (χ0) is 11.8. The van der Waals surface area contributed by atoms with Crippen LogP contribution in [0.25, 0.3) is 0 Å². The molecule has 1 aliphatic rings. The molecule has 1 rings (SSSR count). The van der Waals surface area contributed by atoms with Gasteiger partial charge < -0.3 is 4.74 Å². The molecule has 0 aromatic carbocycles. The van der Waals surface area contributed by atoms with Crippen LogP contribution in [0.1, 0.15) is 34.1 Å². The van der Waals surface area contributed by atoms with E-state index in [1.807, 2.05) is 0 Å². The van der Waals surface area contributed by atoms with E-state index >= 15 is 0 Å². The van der Waals surface area contributed by atoms with Gasteiger partial charge in [-0.1, -0.05) is 7.43 Å². The predicted octanol–water partition coefficient (Wildman–Crippen LogP) is 0.736. The van der Waals surface area contributed by atoms with Crippen LogP contribution in [0.4, 0.5) is 0 Å². The first-order valence-electron chi connectivity index (χ1n) is 4.52. The van der Waals surface area contributed by atoms with Crippen molar-refractivity contribution in [2.24, 2.45) is 0 Å². The fourth-order valence-corrected chi connectivity index (χ4v) is 0.951. The third-order valence-electron chi connectivity index (χ3n) is 1.42. The van der Waals surface area contributed by atoms with Crippen molar-refractivity contribution in [2.75, 3.05) is 13.2 Å². The molecule has 0 aromatic heterocycles. The van der Waals surface area contributed by atoms with E-state index in [4.69, 9.17) is 0 Å². The van der Waals surface area contributed by atoms with Crippen molar-refractivity contribution < 1.29 is 23.9 Å². The van der Waals surface area contributed by atoms with Crippen LogP contribution in [0, 0.1) is 0 Å². The molecule has 0 bridgehead atoms. The summed E-state index contributed by atoms with van der Waals surface area (Å²) in [5.41, 5.74) is 0. The monoisotopic (exact) mass is 230 g/mol. The summed E-state index contributed by atoms with van der Waals surface area (Å²) < 4.78 is 4.59. The summed E-state index contributed by atoms with van der Waals surface area (Å²) in [6.45, 7) is 3.04. The van der Waals surface area contributed by atoms with Gasteiger partial charge >= 0.3 is 0 Å². The van der Waals surface area contributed by atoms with Crippen LogP contribution >= 0.6 is 0 Å². The van der Waals surface area contributed by atoms with Gasteiger partial charge in [-0.25, -0.2) is 0 Å². The lowest BCUT2D eigenvalue weighted by molar-refractivity contribution is -0.138. The molecule has 0 atom stereocenters. The Hall–Kier alpha value is -1.36. The Labute approximate surface area is 95.2 Å². The van der Waals surface area contributed by atoms with Crippen molar-refractivity contribution >= 4 is 23.1 Å². The SMILES string of the molecule is C.CC(=O)CC(C)=O.O=C1COCC(=O)C1. The van der Waals surface area contributed by atoms with Crippen molar-refractivity contribution in [1.82, 2.24) is 0 Å². The van der Waals surface area contributed by atoms with Crippen molar-refractivity contribution in [1.29, 1.82) is 0 Å². The molecule has 0 radical (unpaired) electrons. The molecular formula is C11H18O5. The van der Waals surface area contributed by atoms with E-state index in [1.54, 1.807) is 0 Å². The van der Waals surface area contributed by atoms with Gasteiger partial charge in [-0.2, -0.15) is 0 Å². The lowest BCUT2D eigenvalue weighted by Crippen LogP contribution is -2.24. The molecule has 1 fully saturated rings. The Balaban J connectivity index is 0. The molecule has 5 heteroatoms. The van der Waals surface area contributed by atoms with Crippen LogP contribution < -0.4 is 0 Å². The molecule has 0 amide bonds. The lowest BCUT2D eigenvalue weighted by Gasteiger charge is -2.06. The highest BCUT2D eigenvalue weighted by molar-refractivity contribution is 6.01. The van der Waals surface area contributed by atoms with E-state index in [0.29, 0.717) is 0 Å². The quantitative estimate of drug-likeness (QED) is 0.654. The maximum Gasteiger partial charge on any atom is 0.165 e. The summed E-state index contributed by atoms with van der Waals surface area (Å²) in [6.07, 6.45) is 0.153. The van der Waals surface area contributed by atoms with Gasteiger partial charge in [0, 0.05) is 0 Å². The summed E-state index contributed by atoms with van der Waals surface area (Å²) in [7, 11) is 0. The second-order valence-corrected chi connectivity index (χ2v) is 3.33. The van der Waals surface area contributed by atoms with E-state index in [2.05, 4.69) is 4.74 Å².